The number of nitrogens with two attached hydrogens (primary N) is 1. The molecule has 43 heavy (non-hydrogen) atoms. The summed E-state index contributed by atoms with van der Waals surface area (Å²) in [5, 5.41) is 31.3. The highest BCUT2D eigenvalue weighted by Gasteiger charge is 2.20. The van der Waals surface area contributed by atoms with Crippen LogP contribution in [-0.2, 0) is 20.8 Å². The minimum Gasteiger partial charge on any atom is -0.497 e. The van der Waals surface area contributed by atoms with Gasteiger partial charge < -0.3 is 36.1 Å². The van der Waals surface area contributed by atoms with Crippen molar-refractivity contribution in [2.75, 3.05) is 19.0 Å². The van der Waals surface area contributed by atoms with E-state index in [1.807, 2.05) is 0 Å². The number of methoxy groups -OCH3 is 1. The lowest BCUT2D eigenvalue weighted by atomic mass is 10.0. The number of amides is 2. The van der Waals surface area contributed by atoms with Crippen LogP contribution in [0.3, 0.4) is 0 Å². The quantitative estimate of drug-likeness (QED) is 0.0862. The number of benzene rings is 3. The third-order valence-corrected chi connectivity index (χ3v) is 6.18. The standard InChI is InChI=1S/C30H30N4O9/c1-42-23-10-7-17(8-11-23)28(38)33-21-4-2-3-20(13-21)29(39)34-22(9-12-26(36)37)16-43-25-15-19(27(31)32)6-5-18(25)14-24(35)30(40)41/h2-8,10-11,13,15,22H,9,12,14,16H2,1H3,(H3,31,32)(H,33,38)(H,34,39)(H,36,37)(H,40,41). The molecule has 0 aliphatic carbocycles. The Labute approximate surface area is 246 Å². The zero-order valence-electron chi connectivity index (χ0n) is 23.1. The van der Waals surface area contributed by atoms with Crippen LogP contribution in [-0.4, -0.2) is 65.3 Å². The minimum absolute atomic E-state index is 0.0231. The van der Waals surface area contributed by atoms with Gasteiger partial charge in [0.1, 0.15) is 23.9 Å². The molecule has 3 aromatic rings. The van der Waals surface area contributed by atoms with Crippen molar-refractivity contribution in [2.45, 2.75) is 25.3 Å². The van der Waals surface area contributed by atoms with Crippen LogP contribution in [0.2, 0.25) is 0 Å². The number of rotatable bonds is 15. The van der Waals surface area contributed by atoms with E-state index in [0.29, 0.717) is 17.0 Å². The smallest absolute Gasteiger partial charge is 0.372 e. The number of aliphatic carboxylic acids is 2. The first-order valence-electron chi connectivity index (χ1n) is 12.9. The monoisotopic (exact) mass is 590 g/mol. The van der Waals surface area contributed by atoms with Gasteiger partial charge in [0.15, 0.2) is 0 Å². The Bertz CT molecular complexity index is 1540. The van der Waals surface area contributed by atoms with Crippen LogP contribution in [0, 0.1) is 5.41 Å². The van der Waals surface area contributed by atoms with Gasteiger partial charge in [0.2, 0.25) is 5.78 Å². The Morgan fingerprint density at radius 3 is 2.23 bits per heavy atom. The van der Waals surface area contributed by atoms with Crippen LogP contribution < -0.4 is 25.8 Å². The van der Waals surface area contributed by atoms with Crippen LogP contribution in [0.15, 0.2) is 66.7 Å². The van der Waals surface area contributed by atoms with E-state index >= 15 is 0 Å². The number of hydrogen-bond donors (Lipinski definition) is 6. The number of carbonyl (C=O) groups excluding carboxylic acids is 3. The number of Topliss-reactive ketones (excluding diaryl/α,β-unsaturated/α-hetero) is 1. The van der Waals surface area contributed by atoms with Crippen LogP contribution in [0.4, 0.5) is 5.69 Å². The first kappa shape index (κ1) is 31.8. The molecule has 1 atom stereocenters. The second-order valence-corrected chi connectivity index (χ2v) is 9.32. The molecule has 2 amide bonds. The molecule has 0 saturated carbocycles. The van der Waals surface area contributed by atoms with E-state index < -0.39 is 42.0 Å². The summed E-state index contributed by atoms with van der Waals surface area (Å²) in [5.74, 6) is -4.44. The molecule has 0 heterocycles. The number of ketones is 1. The number of hydrogen-bond acceptors (Lipinski definition) is 8. The van der Waals surface area contributed by atoms with Crippen molar-refractivity contribution in [3.63, 3.8) is 0 Å². The predicted molar refractivity (Wildman–Crippen MR) is 155 cm³/mol. The molecule has 0 aliphatic rings. The van der Waals surface area contributed by atoms with E-state index in [9.17, 15) is 29.1 Å². The maximum atomic E-state index is 13.1. The fraction of sp³-hybridized carbons (Fsp3) is 0.200. The summed E-state index contributed by atoms with van der Waals surface area (Å²) in [6.07, 6.45) is -0.821. The SMILES string of the molecule is COc1ccc(C(=O)Nc2cccc(C(=O)NC(CCC(=O)O)COc3cc(C(=N)N)ccc3CC(=O)C(=O)O)c2)cc1. The molecular weight excluding hydrogens is 560 g/mol. The maximum absolute atomic E-state index is 13.1. The molecule has 224 valence electrons. The molecule has 3 rings (SSSR count). The zero-order valence-corrected chi connectivity index (χ0v) is 23.1. The lowest BCUT2D eigenvalue weighted by Gasteiger charge is -2.20. The Morgan fingerprint density at radius 1 is 0.907 bits per heavy atom. The van der Waals surface area contributed by atoms with Crippen molar-refractivity contribution >= 4 is 41.1 Å². The van der Waals surface area contributed by atoms with E-state index in [1.54, 1.807) is 36.4 Å². The summed E-state index contributed by atoms with van der Waals surface area (Å²) >= 11 is 0. The summed E-state index contributed by atoms with van der Waals surface area (Å²) in [5.41, 5.74) is 6.91. The number of anilines is 1. The third-order valence-electron chi connectivity index (χ3n) is 6.18. The molecule has 13 nitrogen and oxygen atoms in total. The van der Waals surface area contributed by atoms with Gasteiger partial charge in [-0.25, -0.2) is 4.79 Å². The van der Waals surface area contributed by atoms with Crippen LogP contribution in [0.25, 0.3) is 0 Å². The van der Waals surface area contributed by atoms with E-state index in [-0.39, 0.29) is 47.7 Å². The average Bonchev–Trinajstić information content (AvgIpc) is 2.98. The fourth-order valence-electron chi connectivity index (χ4n) is 3.89. The molecule has 0 bridgehead atoms. The molecule has 0 spiro atoms. The van der Waals surface area contributed by atoms with Gasteiger partial charge in [-0.2, -0.15) is 0 Å². The Morgan fingerprint density at radius 2 is 1.60 bits per heavy atom. The highest BCUT2D eigenvalue weighted by Crippen LogP contribution is 2.23. The predicted octanol–water partition coefficient (Wildman–Crippen LogP) is 2.47. The molecule has 3 aromatic carbocycles. The molecular formula is C30H30N4O9. The van der Waals surface area contributed by atoms with Gasteiger partial charge >= 0.3 is 11.9 Å². The normalized spacial score (nSPS) is 11.1. The van der Waals surface area contributed by atoms with Crippen LogP contribution in [0.1, 0.15) is 44.7 Å². The van der Waals surface area contributed by atoms with Crippen LogP contribution in [0.5, 0.6) is 11.5 Å². The third kappa shape index (κ3) is 9.42. The molecule has 1 unspecified atom stereocenters. The average molecular weight is 591 g/mol. The lowest BCUT2D eigenvalue weighted by Crippen LogP contribution is -2.39. The highest BCUT2D eigenvalue weighted by atomic mass is 16.5. The van der Waals surface area contributed by atoms with Crippen molar-refractivity contribution in [3.8, 4) is 11.5 Å². The molecule has 13 heteroatoms. The topological polar surface area (TPSA) is 218 Å². The van der Waals surface area contributed by atoms with Crippen molar-refractivity contribution in [2.24, 2.45) is 5.73 Å². The number of nitrogens with one attached hydrogen (secondary N) is 3. The van der Waals surface area contributed by atoms with Gasteiger partial charge in [-0.15, -0.1) is 0 Å². The van der Waals surface area contributed by atoms with E-state index in [2.05, 4.69) is 10.6 Å². The largest absolute Gasteiger partial charge is 0.497 e. The van der Waals surface area contributed by atoms with Crippen molar-refractivity contribution < 1.29 is 43.7 Å². The molecule has 0 fully saturated rings. The van der Waals surface area contributed by atoms with Crippen molar-refractivity contribution in [1.29, 1.82) is 5.41 Å². The van der Waals surface area contributed by atoms with E-state index in [1.165, 1.54) is 37.4 Å². The summed E-state index contributed by atoms with van der Waals surface area (Å²) in [4.78, 5) is 59.9. The van der Waals surface area contributed by atoms with E-state index in [4.69, 9.17) is 25.7 Å². The Balaban J connectivity index is 1.75. The first-order chi connectivity index (χ1) is 20.5. The van der Waals surface area contributed by atoms with Gasteiger partial charge in [-0.1, -0.05) is 18.2 Å². The van der Waals surface area contributed by atoms with Crippen molar-refractivity contribution in [3.05, 3.63) is 89.0 Å². The van der Waals surface area contributed by atoms with Crippen molar-refractivity contribution in [1.82, 2.24) is 5.32 Å². The lowest BCUT2D eigenvalue weighted by molar-refractivity contribution is -0.148. The number of ether oxygens (including phenoxy) is 2. The first-order valence-corrected chi connectivity index (χ1v) is 12.9. The number of carbonyl (C=O) groups is 5. The summed E-state index contributed by atoms with van der Waals surface area (Å²) in [6.45, 7) is -0.247. The summed E-state index contributed by atoms with van der Waals surface area (Å²) < 4.78 is 10.9. The number of carboxylic acid groups (broad SMARTS) is 2. The molecule has 0 aliphatic heterocycles. The molecule has 0 saturated heterocycles. The molecule has 0 aromatic heterocycles. The Kier molecular flexibility index (Phi) is 10.9. The summed E-state index contributed by atoms with van der Waals surface area (Å²) in [6, 6.07) is 16.0. The highest BCUT2D eigenvalue weighted by molar-refractivity contribution is 6.33. The number of nitrogen functional groups attached to an aromatic ring is 1. The molecule has 0 radical (unpaired) electrons. The zero-order chi connectivity index (χ0) is 31.5. The molecule has 7 N–H and O–H groups in total. The van der Waals surface area contributed by atoms with E-state index in [0.717, 1.165) is 0 Å². The fourth-order valence-corrected chi connectivity index (χ4v) is 3.89. The van der Waals surface area contributed by atoms with Gasteiger partial charge in [-0.3, -0.25) is 24.6 Å². The van der Waals surface area contributed by atoms with Gasteiger partial charge in [0.05, 0.1) is 13.2 Å². The van der Waals surface area contributed by atoms with Gasteiger partial charge in [0.25, 0.3) is 11.8 Å². The van der Waals surface area contributed by atoms with Crippen LogP contribution >= 0.6 is 0 Å². The minimum atomic E-state index is -1.63. The number of amidine groups is 1. The number of carboxylic acids is 2. The second-order valence-electron chi connectivity index (χ2n) is 9.32. The van der Waals surface area contributed by atoms with Gasteiger partial charge in [-0.05, 0) is 55.0 Å². The second kappa shape index (κ2) is 14.8. The summed E-state index contributed by atoms with van der Waals surface area (Å²) in [7, 11) is 1.51. The van der Waals surface area contributed by atoms with Gasteiger partial charge in [0, 0.05) is 40.8 Å². The Hall–Kier alpha value is -5.72. The maximum Gasteiger partial charge on any atom is 0.372 e.